The number of hydrogen-bond acceptors (Lipinski definition) is 2. The predicted molar refractivity (Wildman–Crippen MR) is 87.3 cm³/mol. The smallest absolute Gasteiger partial charge is 0.253 e. The van der Waals surface area contributed by atoms with E-state index in [-0.39, 0.29) is 11.3 Å². The first kappa shape index (κ1) is 15.6. The Morgan fingerprint density at radius 3 is 2.76 bits per heavy atom. The summed E-state index contributed by atoms with van der Waals surface area (Å²) in [5.41, 5.74) is 7.46. The summed E-state index contributed by atoms with van der Waals surface area (Å²) in [4.78, 5) is 17.8. The number of benzene rings is 1. The molecule has 1 heterocycles. The molecule has 0 aliphatic rings. The van der Waals surface area contributed by atoms with E-state index in [1.807, 2.05) is 35.4 Å². The molecule has 0 saturated heterocycles. The molecule has 0 spiro atoms. The van der Waals surface area contributed by atoms with Gasteiger partial charge < -0.3 is 15.6 Å². The number of nitrogens with two attached hydrogens (primary N) is 1. The summed E-state index contributed by atoms with van der Waals surface area (Å²) >= 11 is 0. The lowest BCUT2D eigenvalue weighted by Gasteiger charge is -2.31. The Balaban J connectivity index is 2.24. The van der Waals surface area contributed by atoms with Gasteiger partial charge in [-0.15, -0.1) is 0 Å². The number of nitrogens with one attached hydrogen (secondary N) is 1. The average Bonchev–Trinajstić information content (AvgIpc) is 2.93. The van der Waals surface area contributed by atoms with Crippen molar-refractivity contribution in [2.75, 3.05) is 19.6 Å². The Kier molecular flexibility index (Phi) is 4.68. The van der Waals surface area contributed by atoms with Gasteiger partial charge in [0.05, 0.1) is 0 Å². The Hall–Kier alpha value is -1.81. The van der Waals surface area contributed by atoms with Gasteiger partial charge in [0.2, 0.25) is 0 Å². The summed E-state index contributed by atoms with van der Waals surface area (Å²) in [5.74, 6) is 0.0786. The number of fused-ring (bicyclic) bond motifs is 1. The molecule has 0 aliphatic heterocycles. The second-order valence-electron chi connectivity index (χ2n) is 6.37. The quantitative estimate of drug-likeness (QED) is 0.858. The first-order valence-electron chi connectivity index (χ1n) is 7.53. The van der Waals surface area contributed by atoms with E-state index in [9.17, 15) is 4.79 Å². The van der Waals surface area contributed by atoms with Crippen molar-refractivity contribution in [3.05, 3.63) is 36.0 Å². The standard InChI is InChI=1S/C17H25N3O/c1-4-9-20(12-17(2,3)11-18)16(21)14-6-5-13-7-8-19-15(13)10-14/h5-8,10,19H,4,9,11-12,18H2,1-3H3. The van der Waals surface area contributed by atoms with Gasteiger partial charge >= 0.3 is 0 Å². The summed E-state index contributed by atoms with van der Waals surface area (Å²) in [5, 5.41) is 1.12. The molecule has 0 saturated carbocycles. The van der Waals surface area contributed by atoms with Crippen LogP contribution in [0.1, 0.15) is 37.6 Å². The highest BCUT2D eigenvalue weighted by Crippen LogP contribution is 2.19. The Labute approximate surface area is 126 Å². The molecule has 2 aromatic rings. The second-order valence-corrected chi connectivity index (χ2v) is 6.37. The number of carbonyl (C=O) groups excluding carboxylic acids is 1. The third kappa shape index (κ3) is 3.64. The van der Waals surface area contributed by atoms with Crippen LogP contribution < -0.4 is 5.73 Å². The maximum Gasteiger partial charge on any atom is 0.253 e. The number of rotatable bonds is 6. The molecule has 114 valence electrons. The highest BCUT2D eigenvalue weighted by atomic mass is 16.2. The van der Waals surface area contributed by atoms with Crippen LogP contribution in [0.3, 0.4) is 0 Å². The number of aromatic amines is 1. The van der Waals surface area contributed by atoms with Crippen molar-refractivity contribution in [3.8, 4) is 0 Å². The summed E-state index contributed by atoms with van der Waals surface area (Å²) in [6.45, 7) is 8.28. The van der Waals surface area contributed by atoms with Crippen LogP contribution in [-0.2, 0) is 0 Å². The molecular weight excluding hydrogens is 262 g/mol. The molecule has 0 bridgehead atoms. The van der Waals surface area contributed by atoms with E-state index in [0.29, 0.717) is 13.1 Å². The number of carbonyl (C=O) groups is 1. The third-order valence-electron chi connectivity index (χ3n) is 3.75. The lowest BCUT2D eigenvalue weighted by Crippen LogP contribution is -2.42. The highest BCUT2D eigenvalue weighted by Gasteiger charge is 2.24. The van der Waals surface area contributed by atoms with Crippen molar-refractivity contribution < 1.29 is 4.79 Å². The molecule has 0 radical (unpaired) electrons. The zero-order valence-electron chi connectivity index (χ0n) is 13.1. The average molecular weight is 287 g/mol. The van der Waals surface area contributed by atoms with Gasteiger partial charge in [0.1, 0.15) is 0 Å². The van der Waals surface area contributed by atoms with Crippen molar-refractivity contribution in [2.24, 2.45) is 11.1 Å². The summed E-state index contributed by atoms with van der Waals surface area (Å²) < 4.78 is 0. The number of H-pyrrole nitrogens is 1. The van der Waals surface area contributed by atoms with E-state index >= 15 is 0 Å². The molecule has 1 aromatic carbocycles. The monoisotopic (exact) mass is 287 g/mol. The van der Waals surface area contributed by atoms with Crippen molar-refractivity contribution in [1.82, 2.24) is 9.88 Å². The van der Waals surface area contributed by atoms with E-state index in [0.717, 1.165) is 29.4 Å². The molecule has 2 rings (SSSR count). The van der Waals surface area contributed by atoms with Crippen molar-refractivity contribution in [3.63, 3.8) is 0 Å². The SMILES string of the molecule is CCCN(CC(C)(C)CN)C(=O)c1ccc2cc[nH]c2c1. The molecule has 4 heteroatoms. The minimum atomic E-state index is -0.0681. The molecule has 0 fully saturated rings. The molecule has 0 aliphatic carbocycles. The van der Waals surface area contributed by atoms with E-state index in [4.69, 9.17) is 5.73 Å². The number of hydrogen-bond donors (Lipinski definition) is 2. The van der Waals surface area contributed by atoms with Gasteiger partial charge in [-0.1, -0.05) is 26.8 Å². The Bertz CT molecular complexity index is 615. The van der Waals surface area contributed by atoms with Crippen molar-refractivity contribution in [1.29, 1.82) is 0 Å². The normalized spacial score (nSPS) is 11.8. The van der Waals surface area contributed by atoms with Crippen molar-refractivity contribution in [2.45, 2.75) is 27.2 Å². The van der Waals surface area contributed by atoms with Crippen LogP contribution in [0.2, 0.25) is 0 Å². The van der Waals surface area contributed by atoms with Gasteiger partial charge in [-0.3, -0.25) is 4.79 Å². The second kappa shape index (κ2) is 6.31. The van der Waals surface area contributed by atoms with E-state index in [2.05, 4.69) is 25.8 Å². The van der Waals surface area contributed by atoms with Crippen LogP contribution in [0.5, 0.6) is 0 Å². The molecular formula is C17H25N3O. The molecule has 1 amide bonds. The highest BCUT2D eigenvalue weighted by molar-refractivity contribution is 5.97. The topological polar surface area (TPSA) is 62.1 Å². The summed E-state index contributed by atoms with van der Waals surface area (Å²) in [7, 11) is 0. The summed E-state index contributed by atoms with van der Waals surface area (Å²) in [6, 6.07) is 7.81. The van der Waals surface area contributed by atoms with E-state index in [1.54, 1.807) is 0 Å². The van der Waals surface area contributed by atoms with Gasteiger partial charge in [0, 0.05) is 30.4 Å². The minimum Gasteiger partial charge on any atom is -0.361 e. The molecule has 1 aromatic heterocycles. The van der Waals surface area contributed by atoms with Crippen LogP contribution in [-0.4, -0.2) is 35.4 Å². The Morgan fingerprint density at radius 2 is 2.10 bits per heavy atom. The van der Waals surface area contributed by atoms with Gasteiger partial charge in [-0.05, 0) is 42.0 Å². The van der Waals surface area contributed by atoms with Crippen LogP contribution >= 0.6 is 0 Å². The molecule has 21 heavy (non-hydrogen) atoms. The maximum absolute atomic E-state index is 12.8. The van der Waals surface area contributed by atoms with Crippen molar-refractivity contribution >= 4 is 16.8 Å². The number of nitrogens with zero attached hydrogens (tertiary/aromatic N) is 1. The van der Waals surface area contributed by atoms with E-state index in [1.165, 1.54) is 0 Å². The largest absolute Gasteiger partial charge is 0.361 e. The van der Waals surface area contributed by atoms with E-state index < -0.39 is 0 Å². The van der Waals surface area contributed by atoms with Gasteiger partial charge in [0.15, 0.2) is 0 Å². The van der Waals surface area contributed by atoms with Gasteiger partial charge in [-0.25, -0.2) is 0 Å². The number of aromatic nitrogens is 1. The third-order valence-corrected chi connectivity index (χ3v) is 3.75. The fraction of sp³-hybridized carbons (Fsp3) is 0.471. The van der Waals surface area contributed by atoms with Crippen LogP contribution in [0.4, 0.5) is 0 Å². The lowest BCUT2D eigenvalue weighted by molar-refractivity contribution is 0.0689. The molecule has 0 atom stereocenters. The first-order valence-corrected chi connectivity index (χ1v) is 7.53. The van der Waals surface area contributed by atoms with Crippen LogP contribution in [0, 0.1) is 5.41 Å². The number of amides is 1. The zero-order valence-corrected chi connectivity index (χ0v) is 13.1. The fourth-order valence-electron chi connectivity index (χ4n) is 2.47. The minimum absolute atomic E-state index is 0.0681. The summed E-state index contributed by atoms with van der Waals surface area (Å²) in [6.07, 6.45) is 2.83. The fourth-order valence-corrected chi connectivity index (χ4v) is 2.47. The van der Waals surface area contributed by atoms with Gasteiger partial charge in [-0.2, -0.15) is 0 Å². The molecule has 0 unspecified atom stereocenters. The maximum atomic E-state index is 12.8. The van der Waals surface area contributed by atoms with Crippen LogP contribution in [0.25, 0.3) is 10.9 Å². The molecule has 4 nitrogen and oxygen atoms in total. The van der Waals surface area contributed by atoms with Crippen LogP contribution in [0.15, 0.2) is 30.5 Å². The predicted octanol–water partition coefficient (Wildman–Crippen LogP) is 3.01. The first-order chi connectivity index (χ1) is 9.96. The van der Waals surface area contributed by atoms with Gasteiger partial charge in [0.25, 0.3) is 5.91 Å². The lowest BCUT2D eigenvalue weighted by atomic mass is 9.92. The Morgan fingerprint density at radius 1 is 1.33 bits per heavy atom. The zero-order chi connectivity index (χ0) is 15.5. The molecule has 3 N–H and O–H groups in total.